The number of nitrogens with one attached hydrogen (secondary N) is 1. The van der Waals surface area contributed by atoms with Crippen LogP contribution in [0.3, 0.4) is 0 Å². The second-order valence-electron chi connectivity index (χ2n) is 5.69. The first-order valence-corrected chi connectivity index (χ1v) is 8.48. The topological polar surface area (TPSA) is 91.2 Å². The second kappa shape index (κ2) is 7.01. The molecule has 7 nitrogen and oxygen atoms in total. The van der Waals surface area contributed by atoms with Gasteiger partial charge in [0.2, 0.25) is 5.13 Å². The van der Waals surface area contributed by atoms with E-state index in [1.807, 2.05) is 13.0 Å². The van der Waals surface area contributed by atoms with E-state index in [0.29, 0.717) is 10.7 Å². The molecular formula is C15H19N5O2S. The van der Waals surface area contributed by atoms with Gasteiger partial charge < -0.3 is 10.0 Å². The maximum atomic E-state index is 12.1. The van der Waals surface area contributed by atoms with Crippen molar-refractivity contribution in [1.82, 2.24) is 15.2 Å². The second-order valence-corrected chi connectivity index (χ2v) is 6.53. The summed E-state index contributed by atoms with van der Waals surface area (Å²) in [7, 11) is 0. The van der Waals surface area contributed by atoms with Crippen LogP contribution in [0.1, 0.15) is 30.1 Å². The number of pyridine rings is 1. The maximum Gasteiger partial charge on any atom is 0.259 e. The van der Waals surface area contributed by atoms with Crippen LogP contribution in [0.5, 0.6) is 0 Å². The Labute approximate surface area is 138 Å². The molecule has 1 fully saturated rings. The van der Waals surface area contributed by atoms with Crippen LogP contribution in [0, 0.1) is 5.92 Å². The van der Waals surface area contributed by atoms with Crippen LogP contribution in [0.2, 0.25) is 0 Å². The van der Waals surface area contributed by atoms with Crippen LogP contribution < -0.4 is 10.2 Å². The zero-order chi connectivity index (χ0) is 16.2. The first-order valence-electron chi connectivity index (χ1n) is 7.60. The minimum Gasteiger partial charge on any atom is -0.393 e. The fourth-order valence-electron chi connectivity index (χ4n) is 2.72. The molecule has 0 aliphatic carbocycles. The fourth-order valence-corrected chi connectivity index (χ4v) is 3.16. The normalized spacial score (nSPS) is 19.4. The van der Waals surface area contributed by atoms with Crippen LogP contribution in [-0.4, -0.2) is 45.4 Å². The van der Waals surface area contributed by atoms with Crippen molar-refractivity contribution in [2.75, 3.05) is 23.3 Å². The quantitative estimate of drug-likeness (QED) is 0.886. The molecule has 0 radical (unpaired) electrons. The number of aromatic nitrogens is 3. The van der Waals surface area contributed by atoms with Crippen molar-refractivity contribution >= 4 is 28.2 Å². The third-order valence-corrected chi connectivity index (χ3v) is 4.66. The van der Waals surface area contributed by atoms with E-state index >= 15 is 0 Å². The largest absolute Gasteiger partial charge is 0.393 e. The number of amides is 1. The highest BCUT2D eigenvalue weighted by molar-refractivity contribution is 7.13. The van der Waals surface area contributed by atoms with Crippen molar-refractivity contribution in [2.45, 2.75) is 25.9 Å². The summed E-state index contributed by atoms with van der Waals surface area (Å²) in [6.07, 6.45) is 3.33. The molecule has 0 bridgehead atoms. The summed E-state index contributed by atoms with van der Waals surface area (Å²) in [5.74, 6) is 0.857. The highest BCUT2D eigenvalue weighted by Crippen LogP contribution is 2.24. The van der Waals surface area contributed by atoms with Gasteiger partial charge in [-0.05, 0) is 31.9 Å². The Balaban J connectivity index is 1.65. The molecule has 1 saturated heterocycles. The number of nitrogens with zero attached hydrogens (tertiary/aromatic N) is 4. The molecule has 23 heavy (non-hydrogen) atoms. The molecule has 2 unspecified atom stereocenters. The van der Waals surface area contributed by atoms with Crippen molar-refractivity contribution in [3.8, 4) is 0 Å². The van der Waals surface area contributed by atoms with Crippen molar-refractivity contribution < 1.29 is 9.90 Å². The number of anilines is 2. The van der Waals surface area contributed by atoms with Crippen LogP contribution in [-0.2, 0) is 0 Å². The Morgan fingerprint density at radius 3 is 3.04 bits per heavy atom. The number of aliphatic hydroxyl groups is 1. The monoisotopic (exact) mass is 333 g/mol. The number of hydrogen-bond donors (Lipinski definition) is 2. The molecule has 122 valence electrons. The number of carbonyl (C=O) groups excluding carboxylic acids is 1. The molecule has 0 spiro atoms. The van der Waals surface area contributed by atoms with Crippen molar-refractivity contribution in [2.24, 2.45) is 5.92 Å². The summed E-state index contributed by atoms with van der Waals surface area (Å²) >= 11 is 1.27. The SMILES string of the molecule is CC(O)C1CCCN(c2ccc(C(=O)Nc3nncs3)cn2)C1. The zero-order valence-electron chi connectivity index (χ0n) is 12.8. The third kappa shape index (κ3) is 3.83. The Kier molecular flexibility index (Phi) is 4.82. The lowest BCUT2D eigenvalue weighted by atomic mass is 9.93. The standard InChI is InChI=1S/C15H19N5O2S/c1-10(21)12-3-2-6-20(8-12)13-5-4-11(7-16-13)14(22)18-15-19-17-9-23-15/h4-5,7,9-10,12,21H,2-3,6,8H2,1H3,(H,18,19,22). The Morgan fingerprint density at radius 2 is 2.39 bits per heavy atom. The molecule has 0 aromatic carbocycles. The number of hydrogen-bond acceptors (Lipinski definition) is 7. The lowest BCUT2D eigenvalue weighted by molar-refractivity contribution is 0.102. The molecule has 2 atom stereocenters. The summed E-state index contributed by atoms with van der Waals surface area (Å²) in [5, 5.41) is 20.4. The number of rotatable bonds is 4. The molecule has 0 saturated carbocycles. The lowest BCUT2D eigenvalue weighted by Crippen LogP contribution is -2.39. The predicted octanol–water partition coefficient (Wildman–Crippen LogP) is 1.78. The first-order chi connectivity index (χ1) is 11.1. The van der Waals surface area contributed by atoms with Gasteiger partial charge in [-0.3, -0.25) is 10.1 Å². The molecule has 3 heterocycles. The van der Waals surface area contributed by atoms with Gasteiger partial charge in [0.1, 0.15) is 11.3 Å². The van der Waals surface area contributed by atoms with Gasteiger partial charge in [0.05, 0.1) is 11.7 Å². The fraction of sp³-hybridized carbons (Fsp3) is 0.467. The van der Waals surface area contributed by atoms with Gasteiger partial charge in [-0.15, -0.1) is 10.2 Å². The Hall–Kier alpha value is -2.06. The van der Waals surface area contributed by atoms with E-state index in [1.165, 1.54) is 11.3 Å². The molecule has 2 N–H and O–H groups in total. The molecule has 2 aromatic rings. The van der Waals surface area contributed by atoms with Crippen molar-refractivity contribution in [3.63, 3.8) is 0 Å². The Morgan fingerprint density at radius 1 is 1.52 bits per heavy atom. The van der Waals surface area contributed by atoms with Crippen molar-refractivity contribution in [1.29, 1.82) is 0 Å². The van der Waals surface area contributed by atoms with E-state index < -0.39 is 0 Å². The van der Waals surface area contributed by atoms with E-state index in [0.717, 1.165) is 31.7 Å². The van der Waals surface area contributed by atoms with Gasteiger partial charge in [-0.1, -0.05) is 11.3 Å². The van der Waals surface area contributed by atoms with E-state index in [-0.39, 0.29) is 17.9 Å². The molecule has 3 rings (SSSR count). The van der Waals surface area contributed by atoms with Gasteiger partial charge in [0.25, 0.3) is 5.91 Å². The number of piperidine rings is 1. The molecular weight excluding hydrogens is 314 g/mol. The summed E-state index contributed by atoms with van der Waals surface area (Å²) in [6.45, 7) is 3.55. The summed E-state index contributed by atoms with van der Waals surface area (Å²) < 4.78 is 0. The first kappa shape index (κ1) is 15.8. The molecule has 1 aliphatic rings. The Bertz CT molecular complexity index is 644. The minimum absolute atomic E-state index is 0.249. The smallest absolute Gasteiger partial charge is 0.259 e. The average molecular weight is 333 g/mol. The van der Waals surface area contributed by atoms with Gasteiger partial charge in [0.15, 0.2) is 0 Å². The number of carbonyl (C=O) groups is 1. The van der Waals surface area contributed by atoms with Gasteiger partial charge >= 0.3 is 0 Å². The lowest BCUT2D eigenvalue weighted by Gasteiger charge is -2.34. The van der Waals surface area contributed by atoms with Crippen LogP contribution in [0.15, 0.2) is 23.8 Å². The van der Waals surface area contributed by atoms with Crippen LogP contribution in [0.4, 0.5) is 10.9 Å². The maximum absolute atomic E-state index is 12.1. The molecule has 8 heteroatoms. The number of aliphatic hydroxyl groups excluding tert-OH is 1. The predicted molar refractivity (Wildman–Crippen MR) is 88.7 cm³/mol. The average Bonchev–Trinajstić information content (AvgIpc) is 3.08. The van der Waals surface area contributed by atoms with E-state index in [2.05, 4.69) is 25.4 Å². The van der Waals surface area contributed by atoms with Crippen LogP contribution >= 0.6 is 11.3 Å². The highest BCUT2D eigenvalue weighted by atomic mass is 32.1. The summed E-state index contributed by atoms with van der Waals surface area (Å²) in [6, 6.07) is 3.60. The van der Waals surface area contributed by atoms with E-state index in [4.69, 9.17) is 0 Å². The third-order valence-electron chi connectivity index (χ3n) is 4.05. The summed E-state index contributed by atoms with van der Waals surface area (Å²) in [5.41, 5.74) is 2.04. The van der Waals surface area contributed by atoms with Gasteiger partial charge in [-0.25, -0.2) is 4.98 Å². The zero-order valence-corrected chi connectivity index (χ0v) is 13.7. The van der Waals surface area contributed by atoms with Gasteiger partial charge in [-0.2, -0.15) is 0 Å². The van der Waals surface area contributed by atoms with Crippen LogP contribution in [0.25, 0.3) is 0 Å². The molecule has 1 aliphatic heterocycles. The van der Waals surface area contributed by atoms with Crippen molar-refractivity contribution in [3.05, 3.63) is 29.4 Å². The van der Waals surface area contributed by atoms with E-state index in [9.17, 15) is 9.90 Å². The molecule has 1 amide bonds. The highest BCUT2D eigenvalue weighted by Gasteiger charge is 2.24. The molecule has 2 aromatic heterocycles. The minimum atomic E-state index is -0.310. The summed E-state index contributed by atoms with van der Waals surface area (Å²) in [4.78, 5) is 18.6. The van der Waals surface area contributed by atoms with E-state index in [1.54, 1.807) is 17.8 Å². The van der Waals surface area contributed by atoms with Gasteiger partial charge in [0, 0.05) is 25.2 Å².